The van der Waals surface area contributed by atoms with Crippen LogP contribution in [0.2, 0.25) is 0 Å². The molecule has 0 aliphatic carbocycles. The molecule has 7 nitrogen and oxygen atoms in total. The van der Waals surface area contributed by atoms with Crippen LogP contribution in [-0.4, -0.2) is 65.5 Å². The number of likely N-dealkylation sites (tertiary alicyclic amines) is 1. The summed E-state index contributed by atoms with van der Waals surface area (Å²) in [5, 5.41) is 2.88. The molecule has 2 aliphatic heterocycles. The first kappa shape index (κ1) is 19.3. The number of carbonyl (C=O) groups is 3. The van der Waals surface area contributed by atoms with Gasteiger partial charge in [-0.2, -0.15) is 0 Å². The lowest BCUT2D eigenvalue weighted by molar-refractivity contribution is -0.161. The van der Waals surface area contributed by atoms with E-state index in [-0.39, 0.29) is 24.3 Å². The predicted octanol–water partition coefficient (Wildman–Crippen LogP) is 1.54. The SMILES string of the molecule is C=CCOC(=O)N1CCC2(CC1)C(=O)N[C@@H](CC)C(=O)N2CC(C)C. The van der Waals surface area contributed by atoms with Crippen LogP contribution >= 0.6 is 0 Å². The molecule has 0 saturated carbocycles. The van der Waals surface area contributed by atoms with Gasteiger partial charge in [-0.3, -0.25) is 9.59 Å². The van der Waals surface area contributed by atoms with E-state index in [1.807, 2.05) is 20.8 Å². The molecule has 140 valence electrons. The zero-order valence-electron chi connectivity index (χ0n) is 15.4. The third-order valence-corrected chi connectivity index (χ3v) is 4.94. The highest BCUT2D eigenvalue weighted by Crippen LogP contribution is 2.34. The van der Waals surface area contributed by atoms with Gasteiger partial charge in [-0.25, -0.2) is 4.79 Å². The highest BCUT2D eigenvalue weighted by molar-refractivity contribution is 6.00. The molecule has 1 spiro atoms. The summed E-state index contributed by atoms with van der Waals surface area (Å²) < 4.78 is 5.07. The quantitative estimate of drug-likeness (QED) is 0.762. The molecule has 2 heterocycles. The Morgan fingerprint density at radius 2 is 2.04 bits per heavy atom. The second-order valence-electron chi connectivity index (χ2n) is 7.16. The van der Waals surface area contributed by atoms with E-state index in [2.05, 4.69) is 11.9 Å². The lowest BCUT2D eigenvalue weighted by atomic mass is 9.81. The van der Waals surface area contributed by atoms with Gasteiger partial charge in [-0.05, 0) is 25.2 Å². The molecule has 0 radical (unpaired) electrons. The Kier molecular flexibility index (Phi) is 6.08. The van der Waals surface area contributed by atoms with Crippen molar-refractivity contribution < 1.29 is 19.1 Å². The minimum atomic E-state index is -0.859. The molecule has 0 aromatic carbocycles. The minimum Gasteiger partial charge on any atom is -0.445 e. The molecule has 2 fully saturated rings. The van der Waals surface area contributed by atoms with E-state index in [0.29, 0.717) is 38.9 Å². The Hall–Kier alpha value is -2.05. The van der Waals surface area contributed by atoms with Crippen LogP contribution in [0.15, 0.2) is 12.7 Å². The number of amides is 3. The highest BCUT2D eigenvalue weighted by Gasteiger charge is 2.53. The Balaban J connectivity index is 2.17. The van der Waals surface area contributed by atoms with Crippen LogP contribution in [0.5, 0.6) is 0 Å². The molecule has 0 aromatic rings. The van der Waals surface area contributed by atoms with Crippen molar-refractivity contribution in [1.82, 2.24) is 15.1 Å². The number of hydrogen-bond donors (Lipinski definition) is 1. The second kappa shape index (κ2) is 7.89. The molecule has 2 saturated heterocycles. The first-order chi connectivity index (χ1) is 11.9. The average Bonchev–Trinajstić information content (AvgIpc) is 2.60. The number of rotatable bonds is 5. The molecule has 1 N–H and O–H groups in total. The molecular weight excluding hydrogens is 322 g/mol. The zero-order valence-corrected chi connectivity index (χ0v) is 15.4. The number of nitrogens with one attached hydrogen (secondary N) is 1. The first-order valence-electron chi connectivity index (χ1n) is 9.00. The van der Waals surface area contributed by atoms with E-state index in [9.17, 15) is 14.4 Å². The van der Waals surface area contributed by atoms with Gasteiger partial charge in [0.25, 0.3) is 0 Å². The van der Waals surface area contributed by atoms with E-state index in [1.54, 1.807) is 9.80 Å². The van der Waals surface area contributed by atoms with Crippen LogP contribution in [0, 0.1) is 5.92 Å². The number of piperazine rings is 1. The Morgan fingerprint density at radius 1 is 1.40 bits per heavy atom. The highest BCUT2D eigenvalue weighted by atomic mass is 16.6. The van der Waals surface area contributed by atoms with Crippen LogP contribution < -0.4 is 5.32 Å². The summed E-state index contributed by atoms with van der Waals surface area (Å²) in [4.78, 5) is 41.1. The van der Waals surface area contributed by atoms with E-state index in [0.717, 1.165) is 0 Å². The number of piperidine rings is 1. The molecule has 0 unspecified atom stereocenters. The van der Waals surface area contributed by atoms with E-state index in [4.69, 9.17) is 4.74 Å². The lowest BCUT2D eigenvalue weighted by Crippen LogP contribution is -2.73. The largest absolute Gasteiger partial charge is 0.445 e. The smallest absolute Gasteiger partial charge is 0.410 e. The van der Waals surface area contributed by atoms with Gasteiger partial charge >= 0.3 is 6.09 Å². The molecular formula is C18H29N3O4. The van der Waals surface area contributed by atoms with Gasteiger partial charge < -0.3 is 19.9 Å². The summed E-state index contributed by atoms with van der Waals surface area (Å²) in [5.74, 6) is 0.150. The molecule has 2 aliphatic rings. The van der Waals surface area contributed by atoms with Crippen molar-refractivity contribution in [2.24, 2.45) is 5.92 Å². The van der Waals surface area contributed by atoms with Crippen LogP contribution in [0.1, 0.15) is 40.0 Å². The summed E-state index contributed by atoms with van der Waals surface area (Å²) in [5.41, 5.74) is -0.859. The van der Waals surface area contributed by atoms with Crippen molar-refractivity contribution in [2.75, 3.05) is 26.2 Å². The van der Waals surface area contributed by atoms with Gasteiger partial charge in [0.1, 0.15) is 18.2 Å². The van der Waals surface area contributed by atoms with Gasteiger partial charge in [0, 0.05) is 19.6 Å². The zero-order chi connectivity index (χ0) is 18.6. The van der Waals surface area contributed by atoms with E-state index < -0.39 is 17.7 Å². The fourth-order valence-electron chi connectivity index (χ4n) is 3.56. The Labute approximate surface area is 149 Å². The molecule has 1 atom stereocenters. The van der Waals surface area contributed by atoms with Gasteiger partial charge in [-0.15, -0.1) is 0 Å². The van der Waals surface area contributed by atoms with Crippen molar-refractivity contribution in [2.45, 2.75) is 51.6 Å². The lowest BCUT2D eigenvalue weighted by Gasteiger charge is -2.51. The summed E-state index contributed by atoms with van der Waals surface area (Å²) in [6.45, 7) is 11.0. The monoisotopic (exact) mass is 351 g/mol. The van der Waals surface area contributed by atoms with Crippen LogP contribution in [0.3, 0.4) is 0 Å². The maximum Gasteiger partial charge on any atom is 0.410 e. The van der Waals surface area contributed by atoms with Crippen LogP contribution in [0.25, 0.3) is 0 Å². The van der Waals surface area contributed by atoms with Gasteiger partial charge in [-0.1, -0.05) is 33.4 Å². The van der Waals surface area contributed by atoms with Crippen molar-refractivity contribution in [3.63, 3.8) is 0 Å². The standard InChI is InChI=1S/C18H29N3O4/c1-5-11-25-17(24)20-9-7-18(8-10-20)16(23)19-14(6-2)15(22)21(18)12-13(3)4/h5,13-14H,1,6-12H2,2-4H3,(H,19,23)/t14-/m0/s1. The van der Waals surface area contributed by atoms with Crippen molar-refractivity contribution in [3.05, 3.63) is 12.7 Å². The van der Waals surface area contributed by atoms with Crippen molar-refractivity contribution in [1.29, 1.82) is 0 Å². The predicted molar refractivity (Wildman–Crippen MR) is 93.9 cm³/mol. The van der Waals surface area contributed by atoms with Gasteiger partial charge in [0.2, 0.25) is 11.8 Å². The van der Waals surface area contributed by atoms with Crippen molar-refractivity contribution in [3.8, 4) is 0 Å². The summed E-state index contributed by atoms with van der Waals surface area (Å²) in [6, 6.07) is -0.451. The van der Waals surface area contributed by atoms with E-state index in [1.165, 1.54) is 6.08 Å². The minimum absolute atomic E-state index is 0.0153. The van der Waals surface area contributed by atoms with Crippen LogP contribution in [-0.2, 0) is 14.3 Å². The van der Waals surface area contributed by atoms with Crippen molar-refractivity contribution >= 4 is 17.9 Å². The Morgan fingerprint density at radius 3 is 2.56 bits per heavy atom. The molecule has 2 rings (SSSR count). The fourth-order valence-corrected chi connectivity index (χ4v) is 3.56. The topological polar surface area (TPSA) is 79.0 Å². The summed E-state index contributed by atoms with van der Waals surface area (Å²) >= 11 is 0. The second-order valence-corrected chi connectivity index (χ2v) is 7.16. The third-order valence-electron chi connectivity index (χ3n) is 4.94. The van der Waals surface area contributed by atoms with Crippen LogP contribution in [0.4, 0.5) is 4.79 Å². The van der Waals surface area contributed by atoms with Gasteiger partial charge in [0.05, 0.1) is 0 Å². The average molecular weight is 351 g/mol. The first-order valence-corrected chi connectivity index (χ1v) is 9.00. The number of hydrogen-bond acceptors (Lipinski definition) is 4. The fraction of sp³-hybridized carbons (Fsp3) is 0.722. The number of nitrogens with zero attached hydrogens (tertiary/aromatic N) is 2. The summed E-state index contributed by atoms with van der Waals surface area (Å²) in [7, 11) is 0. The number of carbonyl (C=O) groups excluding carboxylic acids is 3. The normalized spacial score (nSPS) is 23.0. The van der Waals surface area contributed by atoms with E-state index >= 15 is 0 Å². The molecule has 7 heteroatoms. The molecule has 25 heavy (non-hydrogen) atoms. The maximum absolute atomic E-state index is 12.9. The third kappa shape index (κ3) is 3.80. The molecule has 0 bridgehead atoms. The maximum atomic E-state index is 12.9. The summed E-state index contributed by atoms with van der Waals surface area (Å²) in [6.07, 6.45) is 2.55. The Bertz CT molecular complexity index is 538. The molecule has 3 amide bonds. The molecule has 0 aromatic heterocycles. The van der Waals surface area contributed by atoms with Gasteiger partial charge in [0.15, 0.2) is 0 Å². The number of ether oxygens (including phenoxy) is 1.